The van der Waals surface area contributed by atoms with E-state index in [-0.39, 0.29) is 26.4 Å². The molecule has 0 aromatic rings. The highest BCUT2D eigenvalue weighted by atomic mass is 16.8. The summed E-state index contributed by atoms with van der Waals surface area (Å²) in [5.41, 5.74) is -2.44. The molecule has 1 heterocycles. The lowest BCUT2D eigenvalue weighted by Crippen LogP contribution is -2.56. The molecule has 1 rings (SSSR count). The van der Waals surface area contributed by atoms with Gasteiger partial charge in [-0.15, -0.1) is 0 Å². The van der Waals surface area contributed by atoms with Crippen molar-refractivity contribution in [2.45, 2.75) is 39.1 Å². The van der Waals surface area contributed by atoms with Crippen LogP contribution in [-0.4, -0.2) is 68.3 Å². The Hall–Kier alpha value is -2.20. The number of carbonyl (C=O) groups is 4. The van der Waals surface area contributed by atoms with Crippen LogP contribution >= 0.6 is 0 Å². The Labute approximate surface area is 144 Å². The van der Waals surface area contributed by atoms with E-state index >= 15 is 0 Å². The summed E-state index contributed by atoms with van der Waals surface area (Å²) in [6.07, 6.45) is 0. The first-order chi connectivity index (χ1) is 11.8. The van der Waals surface area contributed by atoms with Crippen LogP contribution < -0.4 is 0 Å². The molecule has 0 amide bonds. The second kappa shape index (κ2) is 8.77. The molecule has 0 aromatic heterocycles. The van der Waals surface area contributed by atoms with Crippen LogP contribution in [-0.2, 0) is 47.6 Å². The minimum absolute atomic E-state index is 0.0742. The van der Waals surface area contributed by atoms with E-state index in [1.54, 1.807) is 0 Å². The molecule has 1 fully saturated rings. The third-order valence-corrected chi connectivity index (χ3v) is 3.10. The second-order valence-corrected chi connectivity index (χ2v) is 4.72. The van der Waals surface area contributed by atoms with Gasteiger partial charge in [-0.3, -0.25) is 4.74 Å². The van der Waals surface area contributed by atoms with Crippen LogP contribution in [0.2, 0.25) is 0 Å². The molecule has 0 radical (unpaired) electrons. The molecular formula is C15H22O10. The maximum atomic E-state index is 12.3. The third-order valence-electron chi connectivity index (χ3n) is 3.10. The van der Waals surface area contributed by atoms with E-state index < -0.39 is 41.9 Å². The van der Waals surface area contributed by atoms with Crippen LogP contribution in [0.1, 0.15) is 27.7 Å². The second-order valence-electron chi connectivity index (χ2n) is 4.72. The SMILES string of the molecule is CCOC(=O)C1(C(=O)OCC)COC(C(=O)OCC)(C(=O)OCC)O1. The molecule has 0 atom stereocenters. The van der Waals surface area contributed by atoms with Gasteiger partial charge in [0.05, 0.1) is 26.4 Å². The molecule has 0 bridgehead atoms. The number of ether oxygens (including phenoxy) is 6. The van der Waals surface area contributed by atoms with E-state index in [9.17, 15) is 19.2 Å². The Morgan fingerprint density at radius 3 is 1.44 bits per heavy atom. The summed E-state index contributed by atoms with van der Waals surface area (Å²) in [6, 6.07) is 0. The molecule has 0 unspecified atom stereocenters. The first kappa shape index (κ1) is 20.8. The predicted molar refractivity (Wildman–Crippen MR) is 79.0 cm³/mol. The van der Waals surface area contributed by atoms with Gasteiger partial charge in [0.2, 0.25) is 0 Å². The van der Waals surface area contributed by atoms with Crippen molar-refractivity contribution in [1.29, 1.82) is 0 Å². The highest BCUT2D eigenvalue weighted by Crippen LogP contribution is 2.36. The van der Waals surface area contributed by atoms with Crippen LogP contribution in [0.5, 0.6) is 0 Å². The summed E-state index contributed by atoms with van der Waals surface area (Å²) in [6.45, 7) is 4.89. The number of hydrogen-bond acceptors (Lipinski definition) is 10. The molecule has 1 aliphatic heterocycles. The molecule has 1 aliphatic rings. The molecular weight excluding hydrogens is 340 g/mol. The van der Waals surface area contributed by atoms with Gasteiger partial charge in [-0.1, -0.05) is 0 Å². The molecule has 10 nitrogen and oxygen atoms in total. The maximum Gasteiger partial charge on any atom is 0.379 e. The molecule has 0 saturated carbocycles. The van der Waals surface area contributed by atoms with Gasteiger partial charge in [0.25, 0.3) is 5.60 Å². The van der Waals surface area contributed by atoms with E-state index in [1.165, 1.54) is 27.7 Å². The molecule has 25 heavy (non-hydrogen) atoms. The molecule has 0 aliphatic carbocycles. The molecule has 10 heteroatoms. The van der Waals surface area contributed by atoms with Gasteiger partial charge in [-0.05, 0) is 27.7 Å². The lowest BCUT2D eigenvalue weighted by molar-refractivity contribution is -0.234. The van der Waals surface area contributed by atoms with Crippen molar-refractivity contribution in [3.8, 4) is 0 Å². The standard InChI is InChI=1S/C15H22O10/c1-5-20-10(16)14(11(17)21-6-2)9-24-15(25-14,12(18)22-7-3)13(19)23-8-4/h5-9H2,1-4H3. The number of rotatable bonds is 8. The van der Waals surface area contributed by atoms with Crippen molar-refractivity contribution >= 4 is 23.9 Å². The van der Waals surface area contributed by atoms with Crippen LogP contribution in [0.25, 0.3) is 0 Å². The molecule has 0 N–H and O–H groups in total. The molecule has 0 spiro atoms. The van der Waals surface area contributed by atoms with E-state index in [4.69, 9.17) is 28.4 Å². The molecule has 142 valence electrons. The molecule has 1 saturated heterocycles. The van der Waals surface area contributed by atoms with Crippen LogP contribution in [0.4, 0.5) is 0 Å². The van der Waals surface area contributed by atoms with E-state index in [0.717, 1.165) is 0 Å². The summed E-state index contributed by atoms with van der Waals surface area (Å²) in [5.74, 6) is -7.51. The summed E-state index contributed by atoms with van der Waals surface area (Å²) in [7, 11) is 0. The average Bonchev–Trinajstić information content (AvgIpc) is 2.99. The predicted octanol–water partition coefficient (Wildman–Crippen LogP) is -0.279. The third kappa shape index (κ3) is 3.90. The van der Waals surface area contributed by atoms with Crippen molar-refractivity contribution in [3.63, 3.8) is 0 Å². The average molecular weight is 362 g/mol. The van der Waals surface area contributed by atoms with E-state index in [1.807, 2.05) is 0 Å². The van der Waals surface area contributed by atoms with Crippen LogP contribution in [0.15, 0.2) is 0 Å². The first-order valence-electron chi connectivity index (χ1n) is 7.87. The fourth-order valence-corrected chi connectivity index (χ4v) is 2.02. The van der Waals surface area contributed by atoms with Gasteiger partial charge in [0.15, 0.2) is 0 Å². The van der Waals surface area contributed by atoms with E-state index in [2.05, 4.69) is 0 Å². The first-order valence-corrected chi connectivity index (χ1v) is 7.87. The fraction of sp³-hybridized carbons (Fsp3) is 0.733. The highest BCUT2D eigenvalue weighted by molar-refractivity contribution is 6.08. The Morgan fingerprint density at radius 1 is 0.720 bits per heavy atom. The van der Waals surface area contributed by atoms with Gasteiger partial charge >= 0.3 is 29.7 Å². The summed E-state index contributed by atoms with van der Waals surface area (Å²) >= 11 is 0. The normalized spacial score (nSPS) is 17.4. The summed E-state index contributed by atoms with van der Waals surface area (Å²) in [5, 5.41) is 0. The van der Waals surface area contributed by atoms with Crippen LogP contribution in [0.3, 0.4) is 0 Å². The number of esters is 4. The minimum Gasteiger partial charge on any atom is -0.463 e. The van der Waals surface area contributed by atoms with Crippen molar-refractivity contribution in [2.24, 2.45) is 0 Å². The van der Waals surface area contributed by atoms with Gasteiger partial charge in [-0.2, -0.15) is 0 Å². The van der Waals surface area contributed by atoms with Gasteiger partial charge in [-0.25, -0.2) is 19.2 Å². The Kier molecular flexibility index (Phi) is 7.31. The lowest BCUT2D eigenvalue weighted by atomic mass is 10.1. The van der Waals surface area contributed by atoms with Crippen molar-refractivity contribution in [3.05, 3.63) is 0 Å². The van der Waals surface area contributed by atoms with Crippen molar-refractivity contribution in [2.75, 3.05) is 33.0 Å². The fourth-order valence-electron chi connectivity index (χ4n) is 2.02. The highest BCUT2D eigenvalue weighted by Gasteiger charge is 2.70. The topological polar surface area (TPSA) is 124 Å². The Bertz CT molecular complexity index is 444. The summed E-state index contributed by atoms with van der Waals surface area (Å²) in [4.78, 5) is 49.1. The lowest BCUT2D eigenvalue weighted by Gasteiger charge is -2.26. The van der Waals surface area contributed by atoms with Crippen molar-refractivity contribution in [1.82, 2.24) is 0 Å². The van der Waals surface area contributed by atoms with Gasteiger partial charge < -0.3 is 23.7 Å². The summed E-state index contributed by atoms with van der Waals surface area (Å²) < 4.78 is 29.6. The molecule has 0 aromatic carbocycles. The zero-order valence-corrected chi connectivity index (χ0v) is 14.6. The largest absolute Gasteiger partial charge is 0.463 e. The minimum atomic E-state index is -2.72. The Morgan fingerprint density at radius 2 is 1.08 bits per heavy atom. The Balaban J connectivity index is 3.31. The zero-order chi connectivity index (χ0) is 19.1. The van der Waals surface area contributed by atoms with Gasteiger partial charge in [0, 0.05) is 0 Å². The smallest absolute Gasteiger partial charge is 0.379 e. The quantitative estimate of drug-likeness (QED) is 0.323. The van der Waals surface area contributed by atoms with Crippen LogP contribution in [0, 0.1) is 0 Å². The number of hydrogen-bond donors (Lipinski definition) is 0. The number of carbonyl (C=O) groups excluding carboxylic acids is 4. The zero-order valence-electron chi connectivity index (χ0n) is 14.6. The van der Waals surface area contributed by atoms with E-state index in [0.29, 0.717) is 0 Å². The van der Waals surface area contributed by atoms with Gasteiger partial charge in [0.1, 0.15) is 6.61 Å². The monoisotopic (exact) mass is 362 g/mol. The van der Waals surface area contributed by atoms with Crippen molar-refractivity contribution < 1.29 is 47.6 Å². The maximum absolute atomic E-state index is 12.3.